The van der Waals surface area contributed by atoms with Gasteiger partial charge in [-0.05, 0) is 43.5 Å². The number of rotatable bonds is 7. The molecule has 0 saturated carbocycles. The minimum absolute atomic E-state index is 0.0226. The molecule has 2 unspecified atom stereocenters. The quantitative estimate of drug-likeness (QED) is 0.294. The van der Waals surface area contributed by atoms with Crippen molar-refractivity contribution in [1.29, 1.82) is 10.5 Å². The summed E-state index contributed by atoms with van der Waals surface area (Å²) in [7, 11) is 1.46. The van der Waals surface area contributed by atoms with Gasteiger partial charge in [0.2, 0.25) is 5.91 Å². The molecular weight excluding hydrogens is 541 g/mol. The molecule has 0 spiro atoms. The average molecular weight is 570 g/mol. The third-order valence-corrected chi connectivity index (χ3v) is 8.77. The van der Waals surface area contributed by atoms with E-state index in [1.54, 1.807) is 12.1 Å². The second-order valence-corrected chi connectivity index (χ2v) is 10.7. The predicted molar refractivity (Wildman–Crippen MR) is 158 cm³/mol. The van der Waals surface area contributed by atoms with Crippen LogP contribution in [-0.4, -0.2) is 53.1 Å². The van der Waals surface area contributed by atoms with Gasteiger partial charge in [-0.2, -0.15) is 20.5 Å². The van der Waals surface area contributed by atoms with Gasteiger partial charge >= 0.3 is 6.01 Å². The zero-order chi connectivity index (χ0) is 29.4. The van der Waals surface area contributed by atoms with Crippen molar-refractivity contribution in [3.63, 3.8) is 0 Å². The van der Waals surface area contributed by atoms with Gasteiger partial charge in [0, 0.05) is 29.4 Å². The minimum Gasteiger partial charge on any atom is -0.467 e. The topological polar surface area (TPSA) is 132 Å². The first-order valence-corrected chi connectivity index (χ1v) is 14.0. The molecule has 2 atom stereocenters. The lowest BCUT2D eigenvalue weighted by molar-refractivity contribution is -0.126. The lowest BCUT2D eigenvalue weighted by Gasteiger charge is -2.35. The van der Waals surface area contributed by atoms with Crippen molar-refractivity contribution in [2.24, 2.45) is 0 Å². The second kappa shape index (κ2) is 11.0. The van der Waals surface area contributed by atoms with E-state index in [1.807, 2.05) is 17.9 Å². The Labute approximate surface area is 240 Å². The molecule has 1 saturated heterocycles. The molecule has 4 aromatic rings. The van der Waals surface area contributed by atoms with E-state index in [0.717, 1.165) is 24.2 Å². The number of likely N-dealkylation sites (tertiary alicyclic amines) is 1. The van der Waals surface area contributed by atoms with E-state index in [4.69, 9.17) is 15.5 Å². The number of likely N-dealkylation sites (N-methyl/N-ethyl adjacent to an activating group) is 1. The van der Waals surface area contributed by atoms with Crippen LogP contribution in [0.25, 0.3) is 32.1 Å². The zero-order valence-electron chi connectivity index (χ0n) is 22.9. The fourth-order valence-corrected chi connectivity index (χ4v) is 6.91. The maximum absolute atomic E-state index is 14.7. The molecule has 2 N–H and O–H groups in total. The van der Waals surface area contributed by atoms with Gasteiger partial charge in [-0.3, -0.25) is 4.79 Å². The van der Waals surface area contributed by atoms with Gasteiger partial charge in [0.15, 0.2) is 0 Å². The van der Waals surface area contributed by atoms with Gasteiger partial charge in [-0.15, -0.1) is 11.3 Å². The Morgan fingerprint density at radius 2 is 1.98 bits per heavy atom. The molecule has 1 aliphatic rings. The third-order valence-electron chi connectivity index (χ3n) is 7.74. The number of carbonyl (C=O) groups is 1. The highest BCUT2D eigenvalue weighted by Crippen LogP contribution is 2.43. The first-order valence-electron chi connectivity index (χ1n) is 13.2. The predicted octanol–water partition coefficient (Wildman–Crippen LogP) is 5.38. The monoisotopic (exact) mass is 569 g/mol. The molecule has 2 aromatic heterocycles. The van der Waals surface area contributed by atoms with E-state index in [2.05, 4.69) is 35.5 Å². The number of aromatic nitrogens is 2. The number of benzene rings is 2. The number of nitrogen functional groups attached to an aromatic ring is 1. The van der Waals surface area contributed by atoms with Crippen molar-refractivity contribution >= 4 is 49.1 Å². The van der Waals surface area contributed by atoms with Crippen LogP contribution in [0.15, 0.2) is 36.9 Å². The van der Waals surface area contributed by atoms with Gasteiger partial charge in [-0.25, -0.2) is 4.39 Å². The summed E-state index contributed by atoms with van der Waals surface area (Å²) >= 11 is 1.00. The number of amides is 1. The number of methoxy groups -OCH3 is 1. The highest BCUT2D eigenvalue weighted by atomic mass is 32.1. The van der Waals surface area contributed by atoms with Gasteiger partial charge in [-0.1, -0.05) is 25.6 Å². The number of fused-ring (bicyclic) bond motifs is 2. The highest BCUT2D eigenvalue weighted by molar-refractivity contribution is 7.23. The Bertz CT molecular complexity index is 1790. The number of nitriles is 2. The van der Waals surface area contributed by atoms with E-state index in [0.29, 0.717) is 46.3 Å². The zero-order valence-corrected chi connectivity index (χ0v) is 23.8. The highest BCUT2D eigenvalue weighted by Gasteiger charge is 2.39. The van der Waals surface area contributed by atoms with Crippen LogP contribution < -0.4 is 15.4 Å². The van der Waals surface area contributed by atoms with Gasteiger partial charge < -0.3 is 20.3 Å². The van der Waals surface area contributed by atoms with Gasteiger partial charge in [0.05, 0.1) is 40.5 Å². The number of carbonyl (C=O) groups excluding carboxylic acids is 1. The summed E-state index contributed by atoms with van der Waals surface area (Å²) in [6.07, 6.45) is 2.84. The Hall–Kier alpha value is -4.74. The van der Waals surface area contributed by atoms with Crippen LogP contribution in [0.2, 0.25) is 0 Å². The Balaban J connectivity index is 1.74. The van der Waals surface area contributed by atoms with E-state index < -0.39 is 5.82 Å². The van der Waals surface area contributed by atoms with Crippen molar-refractivity contribution in [3.05, 3.63) is 53.9 Å². The molecule has 2 aromatic carbocycles. The molecule has 11 heteroatoms. The summed E-state index contributed by atoms with van der Waals surface area (Å²) in [5.41, 5.74) is 7.84. The Morgan fingerprint density at radius 1 is 1.24 bits per heavy atom. The number of thiophene rings is 1. The number of halogens is 1. The number of nitrogens with zero attached hydrogens (tertiary/aromatic N) is 6. The maximum atomic E-state index is 14.7. The molecule has 1 amide bonds. The summed E-state index contributed by atoms with van der Waals surface area (Å²) in [4.78, 5) is 25.8. The summed E-state index contributed by atoms with van der Waals surface area (Å²) in [6, 6.07) is 10.9. The molecule has 0 radical (unpaired) electrons. The second-order valence-electron chi connectivity index (χ2n) is 9.64. The third kappa shape index (κ3) is 4.39. The Morgan fingerprint density at radius 3 is 2.61 bits per heavy atom. The Kier molecular flexibility index (Phi) is 7.48. The molecule has 208 valence electrons. The smallest absolute Gasteiger partial charge is 0.318 e. The van der Waals surface area contributed by atoms with Crippen LogP contribution in [-0.2, 0) is 4.79 Å². The van der Waals surface area contributed by atoms with Crippen LogP contribution in [0.4, 0.5) is 15.2 Å². The number of hydrogen-bond donors (Lipinski definition) is 1. The SMILES string of the molecule is C=CC(=O)N1CCC(N(CC)c2nc(OC)nc3c(C#N)c(-c4ccc(F)c5sc(N)c(C#N)c45)ccc23)C1CC. The lowest BCUT2D eigenvalue weighted by atomic mass is 9.93. The maximum Gasteiger partial charge on any atom is 0.318 e. The molecular formula is C30H28FN7O2S. The van der Waals surface area contributed by atoms with Gasteiger partial charge in [0.1, 0.15) is 28.8 Å². The molecule has 0 bridgehead atoms. The molecule has 5 rings (SSSR count). The average Bonchev–Trinajstić information content (AvgIpc) is 3.57. The van der Waals surface area contributed by atoms with E-state index in [9.17, 15) is 19.7 Å². The number of hydrogen-bond acceptors (Lipinski definition) is 9. The van der Waals surface area contributed by atoms with Gasteiger partial charge in [0.25, 0.3) is 0 Å². The van der Waals surface area contributed by atoms with E-state index in [-0.39, 0.29) is 44.8 Å². The number of nitrogens with two attached hydrogens (primary N) is 1. The summed E-state index contributed by atoms with van der Waals surface area (Å²) < 4.78 is 20.5. The van der Waals surface area contributed by atoms with Crippen LogP contribution in [0, 0.1) is 28.5 Å². The molecule has 41 heavy (non-hydrogen) atoms. The first kappa shape index (κ1) is 27.8. The van der Waals surface area contributed by atoms with Crippen LogP contribution >= 0.6 is 11.3 Å². The van der Waals surface area contributed by atoms with Crippen molar-refractivity contribution in [3.8, 4) is 29.3 Å². The summed E-state index contributed by atoms with van der Waals surface area (Å²) in [5.74, 6) is 0.000916. The number of ether oxygens (including phenoxy) is 1. The van der Waals surface area contributed by atoms with E-state index >= 15 is 0 Å². The fourth-order valence-electron chi connectivity index (χ4n) is 5.96. The van der Waals surface area contributed by atoms with Crippen LogP contribution in [0.3, 0.4) is 0 Å². The molecule has 9 nitrogen and oxygen atoms in total. The summed E-state index contributed by atoms with van der Waals surface area (Å²) in [5, 5.41) is 21.4. The van der Waals surface area contributed by atoms with Crippen LogP contribution in [0.1, 0.15) is 37.8 Å². The minimum atomic E-state index is -0.489. The summed E-state index contributed by atoms with van der Waals surface area (Å²) in [6.45, 7) is 8.92. The molecule has 0 aliphatic carbocycles. The molecule has 3 heterocycles. The van der Waals surface area contributed by atoms with Crippen molar-refractivity contribution in [2.45, 2.75) is 38.8 Å². The standard InChI is InChI=1S/C30H28FN7O2S/c1-5-22-23(12-13-38(22)24(39)6-2)37(7-3)29-18-9-8-16(19(14-32)26(18)35-30(36-29)40-4)17-10-11-21(31)27-25(17)20(15-33)28(34)41-27/h6,8-11,22-23H,2,5,7,12-13,34H2,1,3-4H3. The fraction of sp³-hybridized carbons (Fsp3) is 0.300. The largest absolute Gasteiger partial charge is 0.467 e. The van der Waals surface area contributed by atoms with Crippen molar-refractivity contribution < 1.29 is 13.9 Å². The lowest BCUT2D eigenvalue weighted by Crippen LogP contribution is -2.46. The first-order chi connectivity index (χ1) is 19.8. The molecule has 1 aliphatic heterocycles. The normalized spacial score (nSPS) is 16.5. The van der Waals surface area contributed by atoms with Crippen molar-refractivity contribution in [2.75, 3.05) is 30.8 Å². The number of anilines is 2. The molecule has 1 fully saturated rings. The van der Waals surface area contributed by atoms with Crippen LogP contribution in [0.5, 0.6) is 6.01 Å². The van der Waals surface area contributed by atoms with E-state index in [1.165, 1.54) is 19.3 Å². The van der Waals surface area contributed by atoms with Crippen molar-refractivity contribution in [1.82, 2.24) is 14.9 Å².